The fourth-order valence-corrected chi connectivity index (χ4v) is 4.96. The van der Waals surface area contributed by atoms with Crippen LogP contribution in [0, 0.1) is 6.92 Å². The smallest absolute Gasteiger partial charge is 0.264 e. The summed E-state index contributed by atoms with van der Waals surface area (Å²) >= 11 is 0. The second-order valence-electron chi connectivity index (χ2n) is 9.12. The maximum Gasteiger partial charge on any atom is 0.264 e. The number of rotatable bonds is 13. The maximum atomic E-state index is 13.5. The van der Waals surface area contributed by atoms with Crippen molar-refractivity contribution >= 4 is 33.7 Å². The fraction of sp³-hybridized carbons (Fsp3) is 0.276. The van der Waals surface area contributed by atoms with Gasteiger partial charge in [-0.15, -0.1) is 0 Å². The summed E-state index contributed by atoms with van der Waals surface area (Å²) in [4.78, 5) is 24.6. The number of aryl methyl sites for hydroxylation is 1. The van der Waals surface area contributed by atoms with Crippen LogP contribution in [0.15, 0.2) is 82.8 Å². The van der Waals surface area contributed by atoms with Gasteiger partial charge in [0.25, 0.3) is 21.8 Å². The summed E-state index contributed by atoms with van der Waals surface area (Å²) in [5, 5.41) is 6.70. The summed E-state index contributed by atoms with van der Waals surface area (Å²) in [6, 6.07) is 19.7. The molecule has 0 aromatic heterocycles. The van der Waals surface area contributed by atoms with E-state index in [0.29, 0.717) is 29.4 Å². The maximum absolute atomic E-state index is 13.5. The first-order valence-electron chi connectivity index (χ1n) is 12.7. The molecule has 0 aliphatic heterocycles. The van der Waals surface area contributed by atoms with Gasteiger partial charge in [0.1, 0.15) is 18.0 Å². The van der Waals surface area contributed by atoms with E-state index in [4.69, 9.17) is 9.47 Å². The minimum Gasteiger partial charge on any atom is -0.494 e. The van der Waals surface area contributed by atoms with Crippen LogP contribution in [0.5, 0.6) is 11.5 Å². The Balaban J connectivity index is 1.68. The van der Waals surface area contributed by atoms with Gasteiger partial charge in [0.2, 0.25) is 0 Å². The Kier molecular flexibility index (Phi) is 10.7. The molecule has 2 amide bonds. The summed E-state index contributed by atoms with van der Waals surface area (Å²) in [5.74, 6) is 0.250. The van der Waals surface area contributed by atoms with E-state index in [1.807, 2.05) is 27.7 Å². The van der Waals surface area contributed by atoms with Crippen molar-refractivity contribution in [1.29, 1.82) is 0 Å². The van der Waals surface area contributed by atoms with Gasteiger partial charge in [0.15, 0.2) is 6.61 Å². The molecule has 212 valence electrons. The standard InChI is InChI=1S/C29H34N4O6S/c1-5-38-25-14-10-24(11-15-25)33(40(36,37)27-16-6-22(4)7-17-27)19-28(34)32-30-18-23-8-12-26(13-9-23)39-20-29(35)31-21(2)3/h6-18,21H,5,19-20H2,1-4H3,(H,31,35)(H,32,34). The lowest BCUT2D eigenvalue weighted by molar-refractivity contribution is -0.123. The molecule has 11 heteroatoms. The van der Waals surface area contributed by atoms with E-state index in [0.717, 1.165) is 9.87 Å². The zero-order valence-corrected chi connectivity index (χ0v) is 23.8. The van der Waals surface area contributed by atoms with Crippen LogP contribution < -0.4 is 24.5 Å². The van der Waals surface area contributed by atoms with Crippen LogP contribution in [0.25, 0.3) is 0 Å². The average Bonchev–Trinajstić information content (AvgIpc) is 2.92. The third kappa shape index (κ3) is 8.84. The Morgan fingerprint density at radius 3 is 2.10 bits per heavy atom. The molecule has 10 nitrogen and oxygen atoms in total. The van der Waals surface area contributed by atoms with E-state index in [2.05, 4.69) is 15.8 Å². The van der Waals surface area contributed by atoms with Gasteiger partial charge in [-0.2, -0.15) is 5.10 Å². The molecule has 0 atom stereocenters. The van der Waals surface area contributed by atoms with Crippen LogP contribution in [0.2, 0.25) is 0 Å². The van der Waals surface area contributed by atoms with Gasteiger partial charge in [-0.25, -0.2) is 13.8 Å². The Bertz CT molecular complexity index is 1400. The lowest BCUT2D eigenvalue weighted by Gasteiger charge is -2.24. The topological polar surface area (TPSA) is 126 Å². The quantitative estimate of drug-likeness (QED) is 0.240. The number of amides is 2. The molecule has 0 spiro atoms. The molecule has 0 aliphatic rings. The number of carbonyl (C=O) groups excluding carboxylic acids is 2. The number of ether oxygens (including phenoxy) is 2. The van der Waals surface area contributed by atoms with E-state index in [1.165, 1.54) is 18.3 Å². The number of sulfonamides is 1. The molecule has 0 bridgehead atoms. The van der Waals surface area contributed by atoms with Gasteiger partial charge >= 0.3 is 0 Å². The molecule has 40 heavy (non-hydrogen) atoms. The number of nitrogens with one attached hydrogen (secondary N) is 2. The second kappa shape index (κ2) is 14.1. The Morgan fingerprint density at radius 2 is 1.50 bits per heavy atom. The molecule has 0 fully saturated rings. The number of carbonyl (C=O) groups is 2. The monoisotopic (exact) mass is 566 g/mol. The van der Waals surface area contributed by atoms with E-state index in [1.54, 1.807) is 60.7 Å². The number of anilines is 1. The van der Waals surface area contributed by atoms with Gasteiger partial charge in [-0.1, -0.05) is 17.7 Å². The van der Waals surface area contributed by atoms with Crippen LogP contribution in [0.3, 0.4) is 0 Å². The first-order valence-corrected chi connectivity index (χ1v) is 14.2. The Hall–Kier alpha value is -4.38. The van der Waals surface area contributed by atoms with Gasteiger partial charge in [0, 0.05) is 6.04 Å². The van der Waals surface area contributed by atoms with Crippen LogP contribution in [0.1, 0.15) is 31.9 Å². The highest BCUT2D eigenvalue weighted by molar-refractivity contribution is 7.92. The summed E-state index contributed by atoms with van der Waals surface area (Å²) in [6.07, 6.45) is 1.42. The molecule has 0 heterocycles. The van der Waals surface area contributed by atoms with Crippen molar-refractivity contribution in [2.45, 2.75) is 38.6 Å². The minimum atomic E-state index is -4.05. The van der Waals surface area contributed by atoms with Gasteiger partial charge < -0.3 is 14.8 Å². The van der Waals surface area contributed by atoms with Crippen molar-refractivity contribution in [3.05, 3.63) is 83.9 Å². The highest BCUT2D eigenvalue weighted by atomic mass is 32.2. The summed E-state index contributed by atoms with van der Waals surface area (Å²) in [5.41, 5.74) is 4.26. The minimum absolute atomic E-state index is 0.0284. The van der Waals surface area contributed by atoms with Crippen molar-refractivity contribution in [1.82, 2.24) is 10.7 Å². The third-order valence-corrected chi connectivity index (χ3v) is 7.22. The van der Waals surface area contributed by atoms with Crippen LogP contribution in [0.4, 0.5) is 5.69 Å². The van der Waals surface area contributed by atoms with Gasteiger partial charge in [0.05, 0.1) is 23.4 Å². The average molecular weight is 567 g/mol. The number of hydrogen-bond acceptors (Lipinski definition) is 7. The van der Waals surface area contributed by atoms with Crippen molar-refractivity contribution in [2.75, 3.05) is 24.1 Å². The van der Waals surface area contributed by atoms with Crippen molar-refractivity contribution in [3.8, 4) is 11.5 Å². The molecule has 0 saturated carbocycles. The molecule has 0 unspecified atom stereocenters. The van der Waals surface area contributed by atoms with Gasteiger partial charge in [-0.05, 0) is 93.9 Å². The Labute approximate surface area is 235 Å². The van der Waals surface area contributed by atoms with E-state index >= 15 is 0 Å². The molecule has 3 aromatic carbocycles. The molecule has 2 N–H and O–H groups in total. The molecule has 0 aliphatic carbocycles. The first-order chi connectivity index (χ1) is 19.1. The van der Waals surface area contributed by atoms with Crippen molar-refractivity contribution in [2.24, 2.45) is 5.10 Å². The molecular weight excluding hydrogens is 532 g/mol. The SMILES string of the molecule is CCOc1ccc(N(CC(=O)NN=Cc2ccc(OCC(=O)NC(C)C)cc2)S(=O)(=O)c2ccc(C)cc2)cc1. The highest BCUT2D eigenvalue weighted by Crippen LogP contribution is 2.26. The van der Waals surface area contributed by atoms with Gasteiger partial charge in [-0.3, -0.25) is 13.9 Å². The molecule has 0 saturated heterocycles. The third-order valence-electron chi connectivity index (χ3n) is 5.43. The first kappa shape index (κ1) is 30.2. The zero-order chi connectivity index (χ0) is 29.1. The lowest BCUT2D eigenvalue weighted by atomic mass is 10.2. The summed E-state index contributed by atoms with van der Waals surface area (Å²) < 4.78 is 38.9. The largest absolute Gasteiger partial charge is 0.494 e. The normalized spacial score (nSPS) is 11.3. The van der Waals surface area contributed by atoms with Crippen LogP contribution in [-0.2, 0) is 19.6 Å². The number of nitrogens with zero attached hydrogens (tertiary/aromatic N) is 2. The molecule has 3 rings (SSSR count). The number of hydrogen-bond donors (Lipinski definition) is 2. The second-order valence-corrected chi connectivity index (χ2v) is 11.0. The predicted octanol–water partition coefficient (Wildman–Crippen LogP) is 3.64. The van der Waals surface area contributed by atoms with E-state index < -0.39 is 22.5 Å². The van der Waals surface area contributed by atoms with E-state index in [-0.39, 0.29) is 23.5 Å². The Morgan fingerprint density at radius 1 is 0.900 bits per heavy atom. The van der Waals surface area contributed by atoms with Crippen molar-refractivity contribution in [3.63, 3.8) is 0 Å². The summed E-state index contributed by atoms with van der Waals surface area (Å²) in [6.45, 7) is 7.32. The number of benzene rings is 3. The fourth-order valence-electron chi connectivity index (χ4n) is 3.54. The van der Waals surface area contributed by atoms with Crippen LogP contribution >= 0.6 is 0 Å². The molecule has 3 aromatic rings. The zero-order valence-electron chi connectivity index (χ0n) is 23.0. The predicted molar refractivity (Wildman–Crippen MR) is 154 cm³/mol. The summed E-state index contributed by atoms with van der Waals surface area (Å²) in [7, 11) is -4.05. The van der Waals surface area contributed by atoms with E-state index in [9.17, 15) is 18.0 Å². The number of hydrazone groups is 1. The highest BCUT2D eigenvalue weighted by Gasteiger charge is 2.27. The lowest BCUT2D eigenvalue weighted by Crippen LogP contribution is -2.39. The molecule has 0 radical (unpaired) electrons. The van der Waals surface area contributed by atoms with Crippen molar-refractivity contribution < 1.29 is 27.5 Å². The molecular formula is C29H34N4O6S. The van der Waals surface area contributed by atoms with Crippen LogP contribution in [-0.4, -0.2) is 52.2 Å².